The quantitative estimate of drug-likeness (QED) is 0.0993. The van der Waals surface area contributed by atoms with Crippen LogP contribution in [0, 0.1) is 0 Å². The minimum Gasteiger partial charge on any atom is -0.370 e. The number of nitrogens with one attached hydrogen (secondary N) is 5. The fourth-order valence-electron chi connectivity index (χ4n) is 5.45. The van der Waals surface area contributed by atoms with Crippen LogP contribution in [0.3, 0.4) is 0 Å². The number of amides is 3. The zero-order chi connectivity index (χ0) is 32.1. The maximum atomic E-state index is 13.7. The molecule has 1 unspecified atom stereocenters. The molecule has 1 aromatic heterocycles. The Labute approximate surface area is 263 Å². The highest BCUT2D eigenvalue weighted by molar-refractivity contribution is 6.05. The first-order chi connectivity index (χ1) is 21.5. The number of aromatic amines is 1. The van der Waals surface area contributed by atoms with Gasteiger partial charge in [0.2, 0.25) is 0 Å². The van der Waals surface area contributed by atoms with E-state index in [4.69, 9.17) is 0 Å². The third-order valence-corrected chi connectivity index (χ3v) is 7.81. The number of benzene rings is 3. The van der Waals surface area contributed by atoms with Gasteiger partial charge in [0.1, 0.15) is 6.23 Å². The molecule has 1 aliphatic heterocycles. The molecule has 3 amide bonds. The molecule has 11 nitrogen and oxygen atoms in total. The van der Waals surface area contributed by atoms with E-state index in [-0.39, 0.29) is 18.0 Å². The minimum absolute atomic E-state index is 0.158. The van der Waals surface area contributed by atoms with Crippen molar-refractivity contribution >= 4 is 34.8 Å². The third-order valence-electron chi connectivity index (χ3n) is 7.81. The van der Waals surface area contributed by atoms with Crippen LogP contribution in [0.2, 0.25) is 0 Å². The normalized spacial score (nSPS) is 14.8. The van der Waals surface area contributed by atoms with Crippen molar-refractivity contribution in [2.45, 2.75) is 38.2 Å². The summed E-state index contributed by atoms with van der Waals surface area (Å²) in [5.74, 6) is 0.320. The van der Waals surface area contributed by atoms with Gasteiger partial charge in [0.25, 0.3) is 5.91 Å². The topological polar surface area (TPSA) is 138 Å². The molecule has 11 heteroatoms. The fourth-order valence-corrected chi connectivity index (χ4v) is 5.45. The summed E-state index contributed by atoms with van der Waals surface area (Å²) in [5, 5.41) is 29.8. The first kappa shape index (κ1) is 31.3. The van der Waals surface area contributed by atoms with Crippen LogP contribution in [0.25, 0.3) is 0 Å². The number of aliphatic hydroxyl groups excluding tert-OH is 1. The molecular weight excluding hydrogens is 568 g/mol. The number of likely N-dealkylation sites (N-methyl/N-ethyl adjacent to an activating group) is 1. The molecule has 0 aliphatic carbocycles. The highest BCUT2D eigenvalue weighted by Gasteiger charge is 2.44. The van der Waals surface area contributed by atoms with Crippen LogP contribution in [-0.4, -0.2) is 63.9 Å². The van der Waals surface area contributed by atoms with Gasteiger partial charge in [0.15, 0.2) is 5.82 Å². The van der Waals surface area contributed by atoms with E-state index < -0.39 is 11.8 Å². The van der Waals surface area contributed by atoms with Crippen molar-refractivity contribution in [1.29, 1.82) is 0 Å². The molecule has 45 heavy (non-hydrogen) atoms. The lowest BCUT2D eigenvalue weighted by molar-refractivity contribution is 0.102. The van der Waals surface area contributed by atoms with Crippen LogP contribution in [0.15, 0.2) is 91.5 Å². The molecule has 0 saturated carbocycles. The van der Waals surface area contributed by atoms with Crippen molar-refractivity contribution in [3.05, 3.63) is 114 Å². The van der Waals surface area contributed by atoms with Crippen molar-refractivity contribution in [1.82, 2.24) is 25.3 Å². The van der Waals surface area contributed by atoms with Gasteiger partial charge in [-0.1, -0.05) is 49.0 Å². The second kappa shape index (κ2) is 13.2. The zero-order valence-corrected chi connectivity index (χ0v) is 26.0. The second-order valence-electron chi connectivity index (χ2n) is 11.8. The molecule has 0 bridgehead atoms. The number of carbonyl (C=O) groups is 2. The maximum Gasteiger partial charge on any atom is 0.319 e. The summed E-state index contributed by atoms with van der Waals surface area (Å²) in [7, 11) is 3.98. The van der Waals surface area contributed by atoms with E-state index in [0.29, 0.717) is 35.8 Å². The van der Waals surface area contributed by atoms with E-state index in [0.717, 1.165) is 22.5 Å². The van der Waals surface area contributed by atoms with Gasteiger partial charge in [-0.15, -0.1) is 0 Å². The Bertz CT molecular complexity index is 1670. The summed E-state index contributed by atoms with van der Waals surface area (Å²) >= 11 is 0. The molecule has 0 saturated heterocycles. The molecule has 1 aliphatic rings. The van der Waals surface area contributed by atoms with E-state index in [1.54, 1.807) is 30.3 Å². The van der Waals surface area contributed by atoms with Gasteiger partial charge in [-0.3, -0.25) is 9.89 Å². The van der Waals surface area contributed by atoms with Gasteiger partial charge in [-0.25, -0.2) is 4.79 Å². The molecule has 234 valence electrons. The SMILES string of the molecule is C=CC(O)Nc1cccc(C(=O)Nc2cccc(Nc3n[nH]c4c3CN(C(=O)N[C@H](CN(C)C)c3ccccc3)C4(C)C)c2)c1. The Morgan fingerprint density at radius 3 is 2.49 bits per heavy atom. The van der Waals surface area contributed by atoms with Crippen LogP contribution in [0.5, 0.6) is 0 Å². The molecule has 2 atom stereocenters. The standard InChI is InChI=1S/C34H40N8O3/c1-6-29(43)35-24-15-10-14-23(18-24)32(44)37-26-17-11-16-25(19-26)36-31-27-20-42(34(2,3)30(27)39-40-31)33(45)38-28(21-41(4)5)22-12-8-7-9-13-22/h6-19,28-29,35,43H,1,20-21H2,2-5H3,(H,37,44)(H,38,45)(H2,36,39,40)/t28-,29?/m1/s1. The van der Waals surface area contributed by atoms with Crippen molar-refractivity contribution < 1.29 is 14.7 Å². The molecule has 2 heterocycles. The Hall–Kier alpha value is -5.13. The molecule has 6 N–H and O–H groups in total. The molecular formula is C34H40N8O3. The Balaban J connectivity index is 1.28. The van der Waals surface area contributed by atoms with E-state index >= 15 is 0 Å². The van der Waals surface area contributed by atoms with Gasteiger partial charge in [0, 0.05) is 34.7 Å². The summed E-state index contributed by atoms with van der Waals surface area (Å²) < 4.78 is 0. The Morgan fingerprint density at radius 1 is 1.04 bits per heavy atom. The van der Waals surface area contributed by atoms with Gasteiger partial charge in [0.05, 0.1) is 23.8 Å². The van der Waals surface area contributed by atoms with Gasteiger partial charge in [-0.2, -0.15) is 5.10 Å². The Kier molecular flexibility index (Phi) is 9.21. The second-order valence-corrected chi connectivity index (χ2v) is 11.8. The maximum absolute atomic E-state index is 13.7. The smallest absolute Gasteiger partial charge is 0.319 e. The molecule has 0 radical (unpaired) electrons. The van der Waals surface area contributed by atoms with Crippen LogP contribution in [-0.2, 0) is 12.1 Å². The third kappa shape index (κ3) is 7.17. The monoisotopic (exact) mass is 608 g/mol. The Morgan fingerprint density at radius 2 is 1.76 bits per heavy atom. The van der Waals surface area contributed by atoms with Crippen LogP contribution >= 0.6 is 0 Å². The number of hydrogen-bond donors (Lipinski definition) is 6. The predicted molar refractivity (Wildman–Crippen MR) is 177 cm³/mol. The summed E-state index contributed by atoms with van der Waals surface area (Å²) in [4.78, 5) is 30.6. The van der Waals surface area contributed by atoms with Gasteiger partial charge < -0.3 is 36.2 Å². The average Bonchev–Trinajstić information content (AvgIpc) is 3.54. The van der Waals surface area contributed by atoms with Gasteiger partial charge in [-0.05, 0) is 76.0 Å². The molecule has 0 fully saturated rings. The fraction of sp³-hybridized carbons (Fsp3) is 0.265. The largest absolute Gasteiger partial charge is 0.370 e. The zero-order valence-electron chi connectivity index (χ0n) is 26.0. The number of aliphatic hydroxyl groups is 1. The number of carbonyl (C=O) groups excluding carboxylic acids is 2. The first-order valence-corrected chi connectivity index (χ1v) is 14.8. The van der Waals surface area contributed by atoms with Crippen molar-refractivity contribution in [3.8, 4) is 0 Å². The minimum atomic E-state index is -0.920. The van der Waals surface area contributed by atoms with Crippen molar-refractivity contribution in [3.63, 3.8) is 0 Å². The van der Waals surface area contributed by atoms with E-state index in [1.807, 2.05) is 81.4 Å². The number of anilines is 4. The van der Waals surface area contributed by atoms with Crippen LogP contribution < -0.4 is 21.3 Å². The van der Waals surface area contributed by atoms with E-state index in [9.17, 15) is 14.7 Å². The number of hydrogen-bond acceptors (Lipinski definition) is 7. The lowest BCUT2D eigenvalue weighted by Crippen LogP contribution is -2.48. The average molecular weight is 609 g/mol. The van der Waals surface area contributed by atoms with Crippen molar-refractivity contribution in [2.75, 3.05) is 36.6 Å². The van der Waals surface area contributed by atoms with Crippen molar-refractivity contribution in [2.24, 2.45) is 0 Å². The number of fused-ring (bicyclic) bond motifs is 1. The highest BCUT2D eigenvalue weighted by atomic mass is 16.3. The lowest BCUT2D eigenvalue weighted by Gasteiger charge is -2.34. The number of H-pyrrole nitrogens is 1. The number of urea groups is 1. The molecule has 0 spiro atoms. The number of aromatic nitrogens is 2. The number of nitrogens with zero attached hydrogens (tertiary/aromatic N) is 3. The highest BCUT2D eigenvalue weighted by Crippen LogP contribution is 2.41. The first-order valence-electron chi connectivity index (χ1n) is 14.8. The summed E-state index contributed by atoms with van der Waals surface area (Å²) in [6.07, 6.45) is 0.442. The summed E-state index contributed by atoms with van der Waals surface area (Å²) in [5.41, 5.74) is 4.53. The molecule has 4 aromatic rings. The summed E-state index contributed by atoms with van der Waals surface area (Å²) in [6, 6.07) is 23.8. The number of rotatable bonds is 11. The van der Waals surface area contributed by atoms with Crippen LogP contribution in [0.4, 0.5) is 27.7 Å². The van der Waals surface area contributed by atoms with E-state index in [2.05, 4.69) is 42.9 Å². The van der Waals surface area contributed by atoms with E-state index in [1.165, 1.54) is 6.08 Å². The molecule has 3 aromatic carbocycles. The summed E-state index contributed by atoms with van der Waals surface area (Å²) in [6.45, 7) is 8.59. The van der Waals surface area contributed by atoms with Crippen LogP contribution in [0.1, 0.15) is 47.1 Å². The predicted octanol–water partition coefficient (Wildman–Crippen LogP) is 5.39. The van der Waals surface area contributed by atoms with Gasteiger partial charge >= 0.3 is 6.03 Å². The molecule has 5 rings (SSSR count). The lowest BCUT2D eigenvalue weighted by atomic mass is 10.0.